The highest BCUT2D eigenvalue weighted by atomic mass is 16.5. The van der Waals surface area contributed by atoms with Crippen molar-refractivity contribution < 1.29 is 14.8 Å². The number of hydroxylamine groups is 2. The van der Waals surface area contributed by atoms with Gasteiger partial charge in [-0.1, -0.05) is 5.57 Å². The Hall–Kier alpha value is -1.92. The normalized spacial score (nSPS) is 29.0. The van der Waals surface area contributed by atoms with Crippen LogP contribution in [0.1, 0.15) is 33.6 Å². The molecule has 2 amide bonds. The van der Waals surface area contributed by atoms with Crippen LogP contribution in [0.15, 0.2) is 33.9 Å². The summed E-state index contributed by atoms with van der Waals surface area (Å²) in [7, 11) is 0. The summed E-state index contributed by atoms with van der Waals surface area (Å²) in [6, 6.07) is -0.918. The van der Waals surface area contributed by atoms with E-state index in [1.165, 1.54) is 0 Å². The first kappa shape index (κ1) is 15.0. The van der Waals surface area contributed by atoms with Crippen molar-refractivity contribution in [3.05, 3.63) is 33.9 Å². The molecule has 1 saturated carbocycles. The van der Waals surface area contributed by atoms with Crippen LogP contribution >= 0.6 is 0 Å². The molecular weight excluding hydrogens is 282 g/mol. The molecule has 6 heteroatoms. The second kappa shape index (κ2) is 4.30. The highest BCUT2D eigenvalue weighted by Crippen LogP contribution is 2.64. The van der Waals surface area contributed by atoms with Gasteiger partial charge in [-0.2, -0.15) is 0 Å². The molecule has 5 N–H and O–H groups in total. The van der Waals surface area contributed by atoms with Crippen LogP contribution in [0.2, 0.25) is 0 Å². The molecule has 0 aromatic carbocycles. The zero-order chi connectivity index (χ0) is 16.4. The minimum Gasteiger partial charge on any atom is -0.350 e. The molecule has 1 fully saturated rings. The zero-order valence-electron chi connectivity index (χ0n) is 13.1. The van der Waals surface area contributed by atoms with Crippen LogP contribution in [-0.2, 0) is 4.79 Å². The van der Waals surface area contributed by atoms with E-state index >= 15 is 0 Å². The van der Waals surface area contributed by atoms with Gasteiger partial charge in [0.05, 0.1) is 12.1 Å². The summed E-state index contributed by atoms with van der Waals surface area (Å²) in [6.45, 7) is 5.63. The maximum atomic E-state index is 12.8. The fourth-order valence-corrected chi connectivity index (χ4v) is 3.92. The molecule has 0 aliphatic heterocycles. The second-order valence-electron chi connectivity index (χ2n) is 6.73. The number of fused-ring (bicyclic) bond motifs is 1. The van der Waals surface area contributed by atoms with Crippen LogP contribution in [0.5, 0.6) is 0 Å². The van der Waals surface area contributed by atoms with Gasteiger partial charge in [0.2, 0.25) is 0 Å². The van der Waals surface area contributed by atoms with Crippen LogP contribution in [0, 0.1) is 5.41 Å². The van der Waals surface area contributed by atoms with Crippen molar-refractivity contribution in [2.24, 2.45) is 16.9 Å². The Morgan fingerprint density at radius 3 is 2.50 bits per heavy atom. The number of carbonyl (C=O) groups is 2. The van der Waals surface area contributed by atoms with Crippen LogP contribution in [-0.4, -0.2) is 34.2 Å². The molecule has 0 aromatic heterocycles. The number of hydrogen-bond donors (Lipinski definition) is 3. The quantitative estimate of drug-likeness (QED) is 0.529. The number of nitrogens with two attached hydrogens (primary N) is 2. The molecule has 0 heterocycles. The third-order valence-electron chi connectivity index (χ3n) is 5.52. The third-order valence-corrected chi connectivity index (χ3v) is 5.52. The lowest BCUT2D eigenvalue weighted by molar-refractivity contribution is -0.122. The van der Waals surface area contributed by atoms with Crippen LogP contribution in [0.3, 0.4) is 0 Å². The molecule has 6 nitrogen and oxygen atoms in total. The van der Waals surface area contributed by atoms with E-state index in [0.29, 0.717) is 10.6 Å². The number of primary amides is 1. The molecule has 3 aliphatic rings. The van der Waals surface area contributed by atoms with E-state index in [9.17, 15) is 14.8 Å². The van der Waals surface area contributed by atoms with Gasteiger partial charge in [0.25, 0.3) is 0 Å². The lowest BCUT2D eigenvalue weighted by atomic mass is 9.65. The second-order valence-corrected chi connectivity index (χ2v) is 6.73. The van der Waals surface area contributed by atoms with Gasteiger partial charge in [0.15, 0.2) is 5.78 Å². The Balaban J connectivity index is 2.10. The van der Waals surface area contributed by atoms with Crippen molar-refractivity contribution in [1.29, 1.82) is 0 Å². The summed E-state index contributed by atoms with van der Waals surface area (Å²) in [5.41, 5.74) is 14.4. The van der Waals surface area contributed by atoms with Crippen molar-refractivity contribution in [1.82, 2.24) is 5.06 Å². The van der Waals surface area contributed by atoms with E-state index < -0.39 is 11.6 Å². The van der Waals surface area contributed by atoms with Gasteiger partial charge >= 0.3 is 6.03 Å². The zero-order valence-corrected chi connectivity index (χ0v) is 13.1. The molecular formula is C16H21N3O3. The molecule has 0 saturated heterocycles. The molecule has 1 spiro atoms. The summed E-state index contributed by atoms with van der Waals surface area (Å²) in [5, 5.41) is 10.1. The minimum absolute atomic E-state index is 0.0293. The molecule has 118 valence electrons. The van der Waals surface area contributed by atoms with Gasteiger partial charge < -0.3 is 11.5 Å². The molecule has 0 bridgehead atoms. The van der Waals surface area contributed by atoms with Gasteiger partial charge in [-0.3, -0.25) is 10.0 Å². The SMILES string of the molecule is CC1=C(CN(O)C(N)=O)C2=C(C)C3(CC3)[C@](C)(N)C(=O)C2=C1. The molecule has 0 aromatic rings. The highest BCUT2D eigenvalue weighted by molar-refractivity contribution is 6.11. The van der Waals surface area contributed by atoms with Gasteiger partial charge in [-0.05, 0) is 56.4 Å². The number of allylic oxidation sites excluding steroid dienone is 2. The lowest BCUT2D eigenvalue weighted by Gasteiger charge is -2.40. The topological polar surface area (TPSA) is 110 Å². The molecule has 3 aliphatic carbocycles. The van der Waals surface area contributed by atoms with Crippen molar-refractivity contribution in [3.8, 4) is 0 Å². The maximum Gasteiger partial charge on any atom is 0.338 e. The van der Waals surface area contributed by atoms with Crippen molar-refractivity contribution in [3.63, 3.8) is 0 Å². The van der Waals surface area contributed by atoms with Crippen LogP contribution < -0.4 is 11.5 Å². The number of rotatable bonds is 2. The molecule has 0 unspecified atom stereocenters. The number of nitrogens with zero attached hydrogens (tertiary/aromatic N) is 1. The lowest BCUT2D eigenvalue weighted by Crippen LogP contribution is -2.56. The fraction of sp³-hybridized carbons (Fsp3) is 0.500. The van der Waals surface area contributed by atoms with E-state index in [1.54, 1.807) is 13.0 Å². The number of carbonyl (C=O) groups excluding carboxylic acids is 2. The first-order valence-electron chi connectivity index (χ1n) is 7.36. The fourth-order valence-electron chi connectivity index (χ4n) is 3.92. The Morgan fingerprint density at radius 2 is 2.00 bits per heavy atom. The monoisotopic (exact) mass is 303 g/mol. The van der Waals surface area contributed by atoms with Crippen LogP contribution in [0.25, 0.3) is 0 Å². The minimum atomic E-state index is -0.918. The first-order chi connectivity index (χ1) is 10.1. The Bertz CT molecular complexity index is 693. The maximum absolute atomic E-state index is 12.8. The first-order valence-corrected chi connectivity index (χ1v) is 7.36. The van der Waals surface area contributed by atoms with E-state index in [0.717, 1.165) is 35.1 Å². The molecule has 22 heavy (non-hydrogen) atoms. The summed E-state index contributed by atoms with van der Waals surface area (Å²) in [6.07, 6.45) is 3.57. The van der Waals surface area contributed by atoms with Gasteiger partial charge in [-0.25, -0.2) is 9.86 Å². The van der Waals surface area contributed by atoms with Gasteiger partial charge in [-0.15, -0.1) is 0 Å². The third kappa shape index (κ3) is 1.68. The van der Waals surface area contributed by atoms with E-state index in [2.05, 4.69) is 0 Å². The number of Topliss-reactive ketones (excluding diaryl/α,β-unsaturated/α-hetero) is 1. The summed E-state index contributed by atoms with van der Waals surface area (Å²) < 4.78 is 0. The smallest absolute Gasteiger partial charge is 0.338 e. The van der Waals surface area contributed by atoms with Crippen molar-refractivity contribution in [2.45, 2.75) is 39.2 Å². The molecule has 3 rings (SSSR count). The summed E-state index contributed by atoms with van der Waals surface area (Å²) >= 11 is 0. The highest BCUT2D eigenvalue weighted by Gasteiger charge is 2.63. The average molecular weight is 303 g/mol. The summed E-state index contributed by atoms with van der Waals surface area (Å²) in [5.74, 6) is -0.0662. The van der Waals surface area contributed by atoms with E-state index in [1.807, 2.05) is 13.8 Å². The number of urea groups is 1. The van der Waals surface area contributed by atoms with Gasteiger partial charge in [0.1, 0.15) is 0 Å². The number of ketones is 1. The number of amides is 2. The molecule has 0 radical (unpaired) electrons. The predicted octanol–water partition coefficient (Wildman–Crippen LogP) is 1.41. The Kier molecular flexibility index (Phi) is 2.93. The van der Waals surface area contributed by atoms with Crippen molar-refractivity contribution in [2.75, 3.05) is 6.54 Å². The van der Waals surface area contributed by atoms with Crippen LogP contribution in [0.4, 0.5) is 4.79 Å². The van der Waals surface area contributed by atoms with Crippen molar-refractivity contribution >= 4 is 11.8 Å². The average Bonchev–Trinajstić information content (AvgIpc) is 3.18. The molecule has 1 atom stereocenters. The van der Waals surface area contributed by atoms with E-state index in [-0.39, 0.29) is 17.7 Å². The Labute approximate surface area is 129 Å². The largest absolute Gasteiger partial charge is 0.350 e. The van der Waals surface area contributed by atoms with E-state index in [4.69, 9.17) is 11.5 Å². The predicted molar refractivity (Wildman–Crippen MR) is 80.8 cm³/mol. The standard InChI is InChI=1S/C16H21N3O3/c1-8-6-10-12(11(8)7-19(22)14(17)21)9(2)16(4-5-16)15(3,18)13(10)20/h6,22H,4-5,7,18H2,1-3H3,(H2,17,21)/t15-/m1/s1. The summed E-state index contributed by atoms with van der Waals surface area (Å²) in [4.78, 5) is 23.9. The van der Waals surface area contributed by atoms with Gasteiger partial charge in [0, 0.05) is 11.0 Å². The Morgan fingerprint density at radius 1 is 1.41 bits per heavy atom. The number of hydrogen-bond acceptors (Lipinski definition) is 4.